The van der Waals surface area contributed by atoms with Gasteiger partial charge in [-0.1, -0.05) is 30.3 Å². The summed E-state index contributed by atoms with van der Waals surface area (Å²) in [6, 6.07) is 14.5. The summed E-state index contributed by atoms with van der Waals surface area (Å²) < 4.78 is 1.88. The predicted octanol–water partition coefficient (Wildman–Crippen LogP) is 2.21. The second-order valence-corrected chi connectivity index (χ2v) is 4.48. The number of nitriles is 1. The quantitative estimate of drug-likeness (QED) is 0.860. The maximum absolute atomic E-state index is 8.92. The lowest BCUT2D eigenvalue weighted by atomic mass is 10.0. The maximum atomic E-state index is 8.92. The second kappa shape index (κ2) is 6.72. The molecule has 0 amide bonds. The van der Waals surface area contributed by atoms with E-state index in [4.69, 9.17) is 5.26 Å². The van der Waals surface area contributed by atoms with Gasteiger partial charge in [0.15, 0.2) is 0 Å². The molecule has 1 heterocycles. The Morgan fingerprint density at radius 2 is 2.11 bits per heavy atom. The molecule has 1 aromatic carbocycles. The Morgan fingerprint density at radius 3 is 2.74 bits per heavy atom. The van der Waals surface area contributed by atoms with Crippen LogP contribution in [-0.4, -0.2) is 16.3 Å². The number of benzene rings is 1. The van der Waals surface area contributed by atoms with Crippen LogP contribution in [0.4, 0.5) is 0 Å². The summed E-state index contributed by atoms with van der Waals surface area (Å²) in [5, 5.41) is 16.5. The molecule has 0 aliphatic rings. The van der Waals surface area contributed by atoms with Gasteiger partial charge in [-0.3, -0.25) is 4.68 Å². The third-order valence-electron chi connectivity index (χ3n) is 3.19. The smallest absolute Gasteiger partial charge is 0.0641 e. The monoisotopic (exact) mass is 254 g/mol. The molecular weight excluding hydrogens is 236 g/mol. The highest BCUT2D eigenvalue weighted by Gasteiger charge is 2.10. The Bertz CT molecular complexity index is 539. The maximum Gasteiger partial charge on any atom is 0.0641 e. The number of rotatable bonds is 6. The fourth-order valence-electron chi connectivity index (χ4n) is 2.11. The summed E-state index contributed by atoms with van der Waals surface area (Å²) in [7, 11) is 1.94. The van der Waals surface area contributed by atoms with E-state index in [-0.39, 0.29) is 6.04 Å². The van der Waals surface area contributed by atoms with Crippen LogP contribution in [0, 0.1) is 11.3 Å². The molecule has 0 bridgehead atoms. The van der Waals surface area contributed by atoms with Crippen molar-refractivity contribution in [2.24, 2.45) is 7.05 Å². The number of aryl methyl sites for hydroxylation is 1. The average molecular weight is 254 g/mol. The summed E-state index contributed by atoms with van der Waals surface area (Å²) in [5.41, 5.74) is 2.35. The first-order valence-corrected chi connectivity index (χ1v) is 6.43. The zero-order chi connectivity index (χ0) is 13.5. The van der Waals surface area contributed by atoms with Gasteiger partial charge in [-0.05, 0) is 11.6 Å². The summed E-state index contributed by atoms with van der Waals surface area (Å²) in [4.78, 5) is 0. The Morgan fingerprint density at radius 1 is 1.32 bits per heavy atom. The van der Waals surface area contributed by atoms with Gasteiger partial charge in [0.2, 0.25) is 0 Å². The van der Waals surface area contributed by atoms with Crippen LogP contribution >= 0.6 is 0 Å². The van der Waals surface area contributed by atoms with Crippen molar-refractivity contribution in [3.8, 4) is 6.07 Å². The third kappa shape index (κ3) is 3.67. The summed E-state index contributed by atoms with van der Waals surface area (Å²) in [6.07, 6.45) is 3.19. The highest BCUT2D eigenvalue weighted by atomic mass is 15.3. The van der Waals surface area contributed by atoms with E-state index in [0.717, 1.165) is 18.5 Å². The molecule has 2 rings (SSSR count). The third-order valence-corrected chi connectivity index (χ3v) is 3.19. The first-order valence-electron chi connectivity index (χ1n) is 6.43. The minimum absolute atomic E-state index is 0.0967. The molecule has 2 aromatic rings. The predicted molar refractivity (Wildman–Crippen MR) is 74.3 cm³/mol. The molecule has 0 spiro atoms. The largest absolute Gasteiger partial charge is 0.309 e. The Labute approximate surface area is 113 Å². The zero-order valence-electron chi connectivity index (χ0n) is 11.1. The van der Waals surface area contributed by atoms with Crippen molar-refractivity contribution < 1.29 is 0 Å². The van der Waals surface area contributed by atoms with Crippen LogP contribution in [0.25, 0.3) is 0 Å². The molecule has 1 unspecified atom stereocenters. The van der Waals surface area contributed by atoms with Gasteiger partial charge in [0.05, 0.1) is 12.5 Å². The van der Waals surface area contributed by atoms with E-state index in [0.29, 0.717) is 6.42 Å². The van der Waals surface area contributed by atoms with E-state index < -0.39 is 0 Å². The van der Waals surface area contributed by atoms with Crippen molar-refractivity contribution in [3.63, 3.8) is 0 Å². The van der Waals surface area contributed by atoms with Crippen LogP contribution in [-0.2, 0) is 13.5 Å². The molecule has 0 fully saturated rings. The second-order valence-electron chi connectivity index (χ2n) is 4.48. The normalized spacial score (nSPS) is 12.0. The molecule has 1 N–H and O–H groups in total. The lowest BCUT2D eigenvalue weighted by molar-refractivity contribution is 0.537. The first-order chi connectivity index (χ1) is 9.31. The minimum Gasteiger partial charge on any atom is -0.309 e. The Balaban J connectivity index is 1.91. The molecule has 4 heteroatoms. The van der Waals surface area contributed by atoms with Crippen molar-refractivity contribution >= 4 is 0 Å². The Hall–Kier alpha value is -2.12. The number of hydrogen-bond donors (Lipinski definition) is 1. The fraction of sp³-hybridized carbons (Fsp3) is 0.333. The standard InChI is InChI=1S/C15H18N4/c1-19-14(9-12-18-19)8-11-17-15(7-10-16)13-5-3-2-4-6-13/h2-6,9,12,15,17H,7-8,11H2,1H3. The van der Waals surface area contributed by atoms with Crippen molar-refractivity contribution in [3.05, 3.63) is 53.9 Å². The summed E-state index contributed by atoms with van der Waals surface area (Å²) >= 11 is 0. The molecule has 98 valence electrons. The first kappa shape index (κ1) is 13.3. The van der Waals surface area contributed by atoms with Crippen LogP contribution in [0.2, 0.25) is 0 Å². The minimum atomic E-state index is 0.0967. The van der Waals surface area contributed by atoms with Gasteiger partial charge >= 0.3 is 0 Å². The Kier molecular flexibility index (Phi) is 4.71. The fourth-order valence-corrected chi connectivity index (χ4v) is 2.11. The molecule has 4 nitrogen and oxygen atoms in total. The van der Waals surface area contributed by atoms with Crippen molar-refractivity contribution in [1.82, 2.24) is 15.1 Å². The molecule has 1 aromatic heterocycles. The van der Waals surface area contributed by atoms with Crippen LogP contribution in [0.5, 0.6) is 0 Å². The summed E-state index contributed by atoms with van der Waals surface area (Å²) in [6.45, 7) is 0.834. The van der Waals surface area contributed by atoms with E-state index >= 15 is 0 Å². The van der Waals surface area contributed by atoms with Crippen LogP contribution in [0.15, 0.2) is 42.6 Å². The van der Waals surface area contributed by atoms with E-state index in [1.54, 1.807) is 6.20 Å². The topological polar surface area (TPSA) is 53.6 Å². The van der Waals surface area contributed by atoms with Crippen LogP contribution in [0.3, 0.4) is 0 Å². The number of hydrogen-bond acceptors (Lipinski definition) is 3. The highest BCUT2D eigenvalue weighted by Crippen LogP contribution is 2.15. The summed E-state index contributed by atoms with van der Waals surface area (Å²) in [5.74, 6) is 0. The van der Waals surface area contributed by atoms with Gasteiger partial charge in [0.1, 0.15) is 0 Å². The van der Waals surface area contributed by atoms with Crippen LogP contribution < -0.4 is 5.32 Å². The van der Waals surface area contributed by atoms with E-state index in [9.17, 15) is 0 Å². The number of aromatic nitrogens is 2. The number of nitrogens with one attached hydrogen (secondary N) is 1. The SMILES string of the molecule is Cn1nccc1CCNC(CC#N)c1ccccc1. The molecular formula is C15H18N4. The van der Waals surface area contributed by atoms with Gasteiger partial charge in [0.25, 0.3) is 0 Å². The molecule has 0 saturated carbocycles. The van der Waals surface area contributed by atoms with Gasteiger partial charge in [-0.25, -0.2) is 0 Å². The lowest BCUT2D eigenvalue weighted by Crippen LogP contribution is -2.24. The zero-order valence-corrected chi connectivity index (χ0v) is 11.1. The van der Waals surface area contributed by atoms with Gasteiger partial charge < -0.3 is 5.32 Å². The molecule has 0 radical (unpaired) electrons. The van der Waals surface area contributed by atoms with Gasteiger partial charge in [-0.2, -0.15) is 10.4 Å². The van der Waals surface area contributed by atoms with Crippen molar-refractivity contribution in [1.29, 1.82) is 5.26 Å². The molecule has 0 aliphatic carbocycles. The molecule has 1 atom stereocenters. The molecule has 0 aliphatic heterocycles. The van der Waals surface area contributed by atoms with Gasteiger partial charge in [-0.15, -0.1) is 0 Å². The van der Waals surface area contributed by atoms with E-state index in [1.165, 1.54) is 5.69 Å². The van der Waals surface area contributed by atoms with E-state index in [2.05, 4.69) is 28.6 Å². The molecule has 19 heavy (non-hydrogen) atoms. The highest BCUT2D eigenvalue weighted by molar-refractivity contribution is 5.20. The van der Waals surface area contributed by atoms with Gasteiger partial charge in [0, 0.05) is 37.9 Å². The van der Waals surface area contributed by atoms with Crippen LogP contribution in [0.1, 0.15) is 23.7 Å². The van der Waals surface area contributed by atoms with Crippen molar-refractivity contribution in [2.45, 2.75) is 18.9 Å². The number of nitrogens with zero attached hydrogens (tertiary/aromatic N) is 3. The average Bonchev–Trinajstić information content (AvgIpc) is 2.84. The molecule has 0 saturated heterocycles. The van der Waals surface area contributed by atoms with E-state index in [1.807, 2.05) is 36.0 Å². The lowest BCUT2D eigenvalue weighted by Gasteiger charge is -2.16. The van der Waals surface area contributed by atoms with Crippen molar-refractivity contribution in [2.75, 3.05) is 6.54 Å².